The highest BCUT2D eigenvalue weighted by molar-refractivity contribution is 7.99. The highest BCUT2D eigenvalue weighted by Crippen LogP contribution is 2.42. The van der Waals surface area contributed by atoms with Crippen molar-refractivity contribution in [1.82, 2.24) is 0 Å². The summed E-state index contributed by atoms with van der Waals surface area (Å²) in [6.07, 6.45) is 9.63. The van der Waals surface area contributed by atoms with E-state index in [9.17, 15) is 5.11 Å². The molecule has 1 atom stereocenters. The van der Waals surface area contributed by atoms with Crippen LogP contribution in [0.5, 0.6) is 5.75 Å². The predicted octanol–water partition coefficient (Wildman–Crippen LogP) is 10.3. The van der Waals surface area contributed by atoms with Gasteiger partial charge >= 0.3 is 0 Å². The largest absolute Gasteiger partial charge is 0.507 e. The van der Waals surface area contributed by atoms with Crippen LogP contribution in [0.25, 0.3) is 10.8 Å². The molecule has 212 valence electrons. The van der Waals surface area contributed by atoms with Gasteiger partial charge < -0.3 is 15.3 Å². The summed E-state index contributed by atoms with van der Waals surface area (Å²) in [4.78, 5) is 3.54. The first kappa shape index (κ1) is 28.9. The number of benzene rings is 4. The third-order valence-corrected chi connectivity index (χ3v) is 8.55. The summed E-state index contributed by atoms with van der Waals surface area (Å²) in [6.45, 7) is 13.0. The number of phenolic OH excluding ortho intramolecular Hbond substituents is 1. The molecule has 0 amide bonds. The predicted molar refractivity (Wildman–Crippen MR) is 179 cm³/mol. The lowest BCUT2D eigenvalue weighted by molar-refractivity contribution is 0.422. The van der Waals surface area contributed by atoms with Crippen molar-refractivity contribution in [2.75, 3.05) is 16.1 Å². The van der Waals surface area contributed by atoms with Crippen molar-refractivity contribution in [3.63, 3.8) is 0 Å². The minimum Gasteiger partial charge on any atom is -0.507 e. The van der Waals surface area contributed by atoms with Gasteiger partial charge in [0.15, 0.2) is 0 Å². The highest BCUT2D eigenvalue weighted by Gasteiger charge is 2.27. The van der Waals surface area contributed by atoms with Gasteiger partial charge in [0, 0.05) is 39.1 Å². The second-order valence-corrected chi connectivity index (χ2v) is 14.0. The molecule has 1 aliphatic carbocycles. The smallest absolute Gasteiger partial charge is 0.123 e. The Morgan fingerprint density at radius 2 is 1.44 bits per heavy atom. The molecule has 4 heteroatoms. The number of allylic oxidation sites excluding steroid dienone is 2. The number of anilines is 3. The average Bonchev–Trinajstić information content (AvgIpc) is 2.93. The number of rotatable bonds is 7. The Bertz CT molecular complexity index is 1540. The van der Waals surface area contributed by atoms with Crippen molar-refractivity contribution in [3.05, 3.63) is 114 Å². The zero-order valence-electron chi connectivity index (χ0n) is 25.1. The maximum Gasteiger partial charge on any atom is 0.123 e. The number of phenols is 1. The molecule has 0 spiro atoms. The topological polar surface area (TPSA) is 35.5 Å². The summed E-state index contributed by atoms with van der Waals surface area (Å²) >= 11 is 1.81. The number of nitrogens with zero attached hydrogens (tertiary/aromatic N) is 1. The Morgan fingerprint density at radius 1 is 0.780 bits per heavy atom. The van der Waals surface area contributed by atoms with Gasteiger partial charge in [-0.25, -0.2) is 0 Å². The molecule has 0 saturated heterocycles. The summed E-state index contributed by atoms with van der Waals surface area (Å²) in [6, 6.07) is 28.6. The van der Waals surface area contributed by atoms with E-state index in [1.807, 2.05) is 11.8 Å². The normalized spacial score (nSPS) is 15.3. The number of thioether (sulfide) groups is 1. The summed E-state index contributed by atoms with van der Waals surface area (Å²) in [5.41, 5.74) is 5.12. The number of hydrogen-bond donors (Lipinski definition) is 2. The lowest BCUT2D eigenvalue weighted by atomic mass is 9.79. The molecule has 0 aliphatic heterocycles. The van der Waals surface area contributed by atoms with Crippen LogP contribution in [0.3, 0.4) is 0 Å². The number of aromatic hydroxyl groups is 1. The Hall–Kier alpha value is -3.63. The molecule has 4 aromatic rings. The van der Waals surface area contributed by atoms with Crippen molar-refractivity contribution >= 4 is 39.6 Å². The minimum atomic E-state index is -0.157. The van der Waals surface area contributed by atoms with Crippen molar-refractivity contribution in [2.24, 2.45) is 0 Å². The number of fused-ring (bicyclic) bond motifs is 1. The van der Waals surface area contributed by atoms with Crippen LogP contribution in [-0.2, 0) is 10.8 Å². The Balaban J connectivity index is 1.45. The quantitative estimate of drug-likeness (QED) is 0.173. The lowest BCUT2D eigenvalue weighted by Gasteiger charge is -2.29. The summed E-state index contributed by atoms with van der Waals surface area (Å²) < 4.78 is 0. The van der Waals surface area contributed by atoms with Crippen molar-refractivity contribution in [1.29, 1.82) is 0 Å². The molecular formula is C37H42N2OS. The minimum absolute atomic E-state index is 0.157. The fraction of sp³-hybridized carbons (Fsp3) is 0.297. The zero-order valence-corrected chi connectivity index (χ0v) is 25.9. The Labute approximate surface area is 250 Å². The van der Waals surface area contributed by atoms with Gasteiger partial charge in [0.2, 0.25) is 0 Å². The summed E-state index contributed by atoms with van der Waals surface area (Å²) in [5, 5.41) is 17.3. The van der Waals surface area contributed by atoms with E-state index in [1.165, 1.54) is 15.7 Å². The molecule has 0 heterocycles. The van der Waals surface area contributed by atoms with Gasteiger partial charge in [-0.15, -0.1) is 11.8 Å². The summed E-state index contributed by atoms with van der Waals surface area (Å²) in [5.74, 6) is 1.17. The van der Waals surface area contributed by atoms with E-state index in [4.69, 9.17) is 0 Å². The van der Waals surface area contributed by atoms with E-state index >= 15 is 0 Å². The molecule has 4 aromatic carbocycles. The molecule has 1 aliphatic rings. The molecule has 0 bridgehead atoms. The van der Waals surface area contributed by atoms with E-state index in [0.717, 1.165) is 40.5 Å². The molecule has 3 nitrogen and oxygen atoms in total. The molecule has 0 saturated carbocycles. The number of hydrogen-bond acceptors (Lipinski definition) is 4. The van der Waals surface area contributed by atoms with Crippen LogP contribution >= 0.6 is 11.8 Å². The first-order valence-electron chi connectivity index (χ1n) is 14.5. The van der Waals surface area contributed by atoms with Gasteiger partial charge in [-0.3, -0.25) is 0 Å². The van der Waals surface area contributed by atoms with Gasteiger partial charge in [-0.05, 0) is 76.6 Å². The van der Waals surface area contributed by atoms with E-state index < -0.39 is 0 Å². The molecule has 5 rings (SSSR count). The van der Waals surface area contributed by atoms with E-state index in [1.54, 1.807) is 0 Å². The van der Waals surface area contributed by atoms with Gasteiger partial charge in [-0.2, -0.15) is 0 Å². The van der Waals surface area contributed by atoms with Crippen LogP contribution < -0.4 is 10.2 Å². The van der Waals surface area contributed by atoms with Crippen molar-refractivity contribution < 1.29 is 5.11 Å². The van der Waals surface area contributed by atoms with Crippen LogP contribution in [0, 0.1) is 0 Å². The van der Waals surface area contributed by atoms with Crippen LogP contribution in [0.15, 0.2) is 108 Å². The van der Waals surface area contributed by atoms with Crippen LogP contribution in [0.1, 0.15) is 59.1 Å². The highest BCUT2D eigenvalue weighted by atomic mass is 32.2. The SMILES string of the molecule is CC(C)(C)c1cc(SCN(c2ccccc2)c2ccc3cc(NC4C=CC=CC4)ccc3c2)cc(C(C)(C)C)c1O. The van der Waals surface area contributed by atoms with Gasteiger partial charge in [-0.1, -0.05) is 96.2 Å². The fourth-order valence-corrected chi connectivity index (χ4v) is 6.25. The maximum atomic E-state index is 11.2. The number of para-hydroxylation sites is 1. The lowest BCUT2D eigenvalue weighted by Crippen LogP contribution is -2.18. The van der Waals surface area contributed by atoms with E-state index in [-0.39, 0.29) is 10.8 Å². The van der Waals surface area contributed by atoms with Crippen LogP contribution in [-0.4, -0.2) is 17.0 Å². The molecule has 1 unspecified atom stereocenters. The summed E-state index contributed by atoms with van der Waals surface area (Å²) in [7, 11) is 0. The molecular weight excluding hydrogens is 520 g/mol. The molecule has 41 heavy (non-hydrogen) atoms. The third kappa shape index (κ3) is 6.82. The maximum absolute atomic E-state index is 11.2. The zero-order chi connectivity index (χ0) is 29.2. The standard InChI is InChI=1S/C37H42N2OS/c1-36(2,3)33-23-32(24-34(35(33)40)37(4,5)6)41-25-39(30-15-11-8-12-16-30)31-20-18-26-21-29(19-17-27(26)22-31)38-28-13-9-7-10-14-28/h7-13,15-24,28,38,40H,14,25H2,1-6H3. The third-order valence-electron chi connectivity index (χ3n) is 7.60. The first-order chi connectivity index (χ1) is 19.5. The Morgan fingerprint density at radius 3 is 2.07 bits per heavy atom. The van der Waals surface area contributed by atoms with Crippen LogP contribution in [0.4, 0.5) is 17.1 Å². The average molecular weight is 563 g/mol. The number of nitrogens with one attached hydrogen (secondary N) is 1. The molecule has 2 N–H and O–H groups in total. The first-order valence-corrected chi connectivity index (χ1v) is 15.4. The van der Waals surface area contributed by atoms with E-state index in [0.29, 0.717) is 11.8 Å². The van der Waals surface area contributed by atoms with Crippen LogP contribution in [0.2, 0.25) is 0 Å². The molecule has 0 fully saturated rings. The molecule has 0 aromatic heterocycles. The van der Waals surface area contributed by atoms with Crippen molar-refractivity contribution in [3.8, 4) is 5.75 Å². The second kappa shape index (κ2) is 11.7. The Kier molecular flexibility index (Phi) is 8.24. The fourth-order valence-electron chi connectivity index (χ4n) is 5.27. The second-order valence-electron chi connectivity index (χ2n) is 12.9. The van der Waals surface area contributed by atoms with Crippen molar-refractivity contribution in [2.45, 2.75) is 69.7 Å². The van der Waals surface area contributed by atoms with Gasteiger partial charge in [0.1, 0.15) is 5.75 Å². The van der Waals surface area contributed by atoms with E-state index in [2.05, 4.69) is 155 Å². The monoisotopic (exact) mass is 562 g/mol. The van der Waals surface area contributed by atoms with Gasteiger partial charge in [0.05, 0.1) is 5.88 Å². The van der Waals surface area contributed by atoms with Gasteiger partial charge in [0.25, 0.3) is 0 Å². The molecule has 0 radical (unpaired) electrons.